The molecule has 0 atom stereocenters. The van der Waals surface area contributed by atoms with Crippen LogP contribution in [0.15, 0.2) is 60.7 Å². The van der Waals surface area contributed by atoms with Gasteiger partial charge in [0.05, 0.1) is 39.6 Å². The van der Waals surface area contributed by atoms with Gasteiger partial charge in [0, 0.05) is 13.7 Å². The molecule has 0 saturated heterocycles. The van der Waals surface area contributed by atoms with Gasteiger partial charge in [0.25, 0.3) is 0 Å². The van der Waals surface area contributed by atoms with Crippen molar-refractivity contribution in [1.82, 2.24) is 0 Å². The predicted octanol–water partition coefficient (Wildman–Crippen LogP) is 4.87. The molecule has 0 N–H and O–H groups in total. The molecule has 0 bridgehead atoms. The van der Waals surface area contributed by atoms with E-state index in [9.17, 15) is 0 Å². The smallest absolute Gasteiger partial charge is 0.0721 e. The number of ether oxygens (including phenoxy) is 4. The normalized spacial score (nSPS) is 10.3. The zero-order chi connectivity index (χ0) is 19.4. The summed E-state index contributed by atoms with van der Waals surface area (Å²) in [7, 11) is 1.67. The number of unbranched alkanes of at least 4 members (excludes halogenated alkanes) is 1. The first kappa shape index (κ1) is 23.3. The topological polar surface area (TPSA) is 36.9 Å². The molecule has 0 amide bonds. The summed E-state index contributed by atoms with van der Waals surface area (Å²) >= 11 is 0. The third-order valence-electron chi connectivity index (χ3n) is 3.67. The fourth-order valence-corrected chi connectivity index (χ4v) is 2.15. The summed E-state index contributed by atoms with van der Waals surface area (Å²) in [5.41, 5.74) is 2.43. The van der Waals surface area contributed by atoms with Gasteiger partial charge in [-0.25, -0.2) is 0 Å². The van der Waals surface area contributed by atoms with E-state index < -0.39 is 0 Å². The fourth-order valence-electron chi connectivity index (χ4n) is 2.15. The van der Waals surface area contributed by atoms with Crippen molar-refractivity contribution >= 4 is 0 Å². The minimum absolute atomic E-state index is 0.660. The zero-order valence-corrected chi connectivity index (χ0v) is 16.8. The molecule has 0 aliphatic carbocycles. The van der Waals surface area contributed by atoms with Crippen molar-refractivity contribution < 1.29 is 18.9 Å². The number of methoxy groups -OCH3 is 1. The van der Waals surface area contributed by atoms with Gasteiger partial charge in [-0.15, -0.1) is 0 Å². The fraction of sp³-hybridized carbons (Fsp3) is 0.478. The Morgan fingerprint density at radius 2 is 1.07 bits per heavy atom. The van der Waals surface area contributed by atoms with Crippen LogP contribution in [0.2, 0.25) is 0 Å². The SMILES string of the molecule is CCCCOCCOCCOC.c1ccc(COCc2ccccc2)cc1. The van der Waals surface area contributed by atoms with E-state index in [0.717, 1.165) is 13.0 Å². The van der Waals surface area contributed by atoms with Gasteiger partial charge in [0.2, 0.25) is 0 Å². The standard InChI is InChI=1S/C14H14O.C9H20O3/c1-3-7-13(8-4-1)11-15-12-14-9-5-2-6-10-14;1-3-4-5-11-8-9-12-7-6-10-2/h1-10H,11-12H2;3-9H2,1-2H3. The Morgan fingerprint density at radius 1 is 0.593 bits per heavy atom. The maximum atomic E-state index is 5.61. The molecule has 27 heavy (non-hydrogen) atoms. The van der Waals surface area contributed by atoms with Gasteiger partial charge in [-0.3, -0.25) is 0 Å². The van der Waals surface area contributed by atoms with Gasteiger partial charge in [-0.05, 0) is 17.5 Å². The Hall–Kier alpha value is -1.72. The second-order valence-electron chi connectivity index (χ2n) is 6.04. The van der Waals surface area contributed by atoms with E-state index in [1.54, 1.807) is 7.11 Å². The lowest BCUT2D eigenvalue weighted by atomic mass is 10.2. The number of benzene rings is 2. The van der Waals surface area contributed by atoms with E-state index in [0.29, 0.717) is 39.6 Å². The Balaban J connectivity index is 0.000000279. The second-order valence-corrected chi connectivity index (χ2v) is 6.04. The molecular formula is C23H34O4. The highest BCUT2D eigenvalue weighted by Gasteiger charge is 1.93. The average molecular weight is 375 g/mol. The zero-order valence-electron chi connectivity index (χ0n) is 16.8. The van der Waals surface area contributed by atoms with Gasteiger partial charge in [-0.2, -0.15) is 0 Å². The molecule has 2 aromatic rings. The largest absolute Gasteiger partial charge is 0.382 e. The van der Waals surface area contributed by atoms with Crippen molar-refractivity contribution in [3.8, 4) is 0 Å². The molecule has 2 rings (SSSR count). The second kappa shape index (κ2) is 17.7. The van der Waals surface area contributed by atoms with Crippen LogP contribution in [0.4, 0.5) is 0 Å². The molecule has 150 valence electrons. The third kappa shape index (κ3) is 14.1. The third-order valence-corrected chi connectivity index (χ3v) is 3.67. The molecule has 4 heteroatoms. The first-order valence-corrected chi connectivity index (χ1v) is 9.66. The highest BCUT2D eigenvalue weighted by atomic mass is 16.5. The van der Waals surface area contributed by atoms with E-state index in [-0.39, 0.29) is 0 Å². The highest BCUT2D eigenvalue weighted by Crippen LogP contribution is 2.05. The lowest BCUT2D eigenvalue weighted by Gasteiger charge is -2.04. The van der Waals surface area contributed by atoms with E-state index in [4.69, 9.17) is 18.9 Å². The summed E-state index contributed by atoms with van der Waals surface area (Å²) in [6, 6.07) is 20.4. The van der Waals surface area contributed by atoms with Crippen LogP contribution >= 0.6 is 0 Å². The summed E-state index contributed by atoms with van der Waals surface area (Å²) in [6.45, 7) is 7.05. The molecule has 0 fully saturated rings. The monoisotopic (exact) mass is 374 g/mol. The van der Waals surface area contributed by atoms with Gasteiger partial charge in [0.1, 0.15) is 0 Å². The first-order chi connectivity index (χ1) is 13.4. The highest BCUT2D eigenvalue weighted by molar-refractivity contribution is 5.15. The lowest BCUT2D eigenvalue weighted by molar-refractivity contribution is 0.0242. The van der Waals surface area contributed by atoms with Crippen LogP contribution in [0.1, 0.15) is 30.9 Å². The van der Waals surface area contributed by atoms with Crippen LogP contribution in [-0.4, -0.2) is 40.1 Å². The van der Waals surface area contributed by atoms with Gasteiger partial charge < -0.3 is 18.9 Å². The Labute approximate surface area is 164 Å². The Bertz CT molecular complexity index is 481. The van der Waals surface area contributed by atoms with E-state index >= 15 is 0 Å². The van der Waals surface area contributed by atoms with Crippen molar-refractivity contribution in [2.75, 3.05) is 40.1 Å². The summed E-state index contributed by atoms with van der Waals surface area (Å²) < 4.78 is 20.9. The molecule has 4 nitrogen and oxygen atoms in total. The van der Waals surface area contributed by atoms with Gasteiger partial charge in [-0.1, -0.05) is 74.0 Å². The molecular weight excluding hydrogens is 340 g/mol. The Kier molecular flexibility index (Phi) is 15.3. The van der Waals surface area contributed by atoms with Crippen molar-refractivity contribution in [2.24, 2.45) is 0 Å². The van der Waals surface area contributed by atoms with Crippen LogP contribution in [0.3, 0.4) is 0 Å². The van der Waals surface area contributed by atoms with Crippen LogP contribution < -0.4 is 0 Å². The van der Waals surface area contributed by atoms with Crippen molar-refractivity contribution in [2.45, 2.75) is 33.0 Å². The van der Waals surface area contributed by atoms with Crippen LogP contribution in [0.25, 0.3) is 0 Å². The van der Waals surface area contributed by atoms with E-state index in [1.807, 2.05) is 36.4 Å². The van der Waals surface area contributed by atoms with Crippen molar-refractivity contribution in [3.63, 3.8) is 0 Å². The maximum absolute atomic E-state index is 5.61. The molecule has 0 unspecified atom stereocenters. The minimum Gasteiger partial charge on any atom is -0.382 e. The summed E-state index contributed by atoms with van der Waals surface area (Å²) in [5.74, 6) is 0. The van der Waals surface area contributed by atoms with Gasteiger partial charge in [0.15, 0.2) is 0 Å². The average Bonchev–Trinajstić information content (AvgIpc) is 2.72. The number of rotatable bonds is 13. The van der Waals surface area contributed by atoms with Gasteiger partial charge >= 0.3 is 0 Å². The number of hydrogen-bond acceptors (Lipinski definition) is 4. The number of hydrogen-bond donors (Lipinski definition) is 0. The summed E-state index contributed by atoms with van der Waals surface area (Å²) in [5, 5.41) is 0. The quantitative estimate of drug-likeness (QED) is 0.469. The molecule has 0 aliphatic rings. The van der Waals surface area contributed by atoms with E-state index in [2.05, 4.69) is 31.2 Å². The van der Waals surface area contributed by atoms with E-state index in [1.165, 1.54) is 17.5 Å². The molecule has 0 spiro atoms. The van der Waals surface area contributed by atoms with Crippen LogP contribution in [-0.2, 0) is 32.2 Å². The molecule has 0 radical (unpaired) electrons. The summed E-state index contributed by atoms with van der Waals surface area (Å²) in [4.78, 5) is 0. The van der Waals surface area contributed by atoms with Crippen molar-refractivity contribution in [3.05, 3.63) is 71.8 Å². The molecule has 0 heterocycles. The minimum atomic E-state index is 0.660. The lowest BCUT2D eigenvalue weighted by Crippen LogP contribution is -2.08. The first-order valence-electron chi connectivity index (χ1n) is 9.66. The molecule has 0 saturated carbocycles. The van der Waals surface area contributed by atoms with Crippen LogP contribution in [0.5, 0.6) is 0 Å². The van der Waals surface area contributed by atoms with Crippen LogP contribution in [0, 0.1) is 0 Å². The summed E-state index contributed by atoms with van der Waals surface area (Å²) in [6.07, 6.45) is 2.32. The molecule has 2 aromatic carbocycles. The predicted molar refractivity (Wildman–Crippen MR) is 110 cm³/mol. The molecule has 0 aliphatic heterocycles. The Morgan fingerprint density at radius 3 is 1.56 bits per heavy atom. The molecule has 0 aromatic heterocycles. The van der Waals surface area contributed by atoms with Crippen molar-refractivity contribution in [1.29, 1.82) is 0 Å². The maximum Gasteiger partial charge on any atom is 0.0721 e.